The van der Waals surface area contributed by atoms with Crippen molar-refractivity contribution in [2.45, 2.75) is 19.8 Å². The average molecular weight is 375 g/mol. The van der Waals surface area contributed by atoms with Crippen LogP contribution in [0.25, 0.3) is 0 Å². The molecule has 0 saturated heterocycles. The van der Waals surface area contributed by atoms with Gasteiger partial charge in [0.1, 0.15) is 5.92 Å². The molecule has 3 heteroatoms. The number of aryl methyl sites for hydroxylation is 2. The summed E-state index contributed by atoms with van der Waals surface area (Å²) in [5.41, 5.74) is 3.63. The summed E-state index contributed by atoms with van der Waals surface area (Å²) in [4.78, 5) is 12.6. The van der Waals surface area contributed by atoms with Gasteiger partial charge in [-0.15, -0.1) is 0 Å². The number of carbonyl (C=O) groups is 1. The highest BCUT2D eigenvalue weighted by Crippen LogP contribution is 2.24. The lowest BCUT2D eigenvalue weighted by molar-refractivity contribution is 0.0978. The van der Waals surface area contributed by atoms with E-state index < -0.39 is 5.92 Å². The molecule has 0 aliphatic rings. The van der Waals surface area contributed by atoms with Gasteiger partial charge >= 0.3 is 0 Å². The Morgan fingerprint density at radius 1 is 1.15 bits per heavy atom. The molecule has 0 aliphatic carbocycles. The molecule has 0 saturated carbocycles. The lowest BCUT2D eigenvalue weighted by Crippen LogP contribution is -2.13. The zero-order valence-electron chi connectivity index (χ0n) is 11.4. The van der Waals surface area contributed by atoms with Gasteiger partial charge in [0.25, 0.3) is 0 Å². The first-order chi connectivity index (χ1) is 9.54. The quantitative estimate of drug-likeness (QED) is 0.590. The van der Waals surface area contributed by atoms with Gasteiger partial charge in [-0.3, -0.25) is 4.79 Å². The van der Waals surface area contributed by atoms with Crippen LogP contribution in [0.5, 0.6) is 0 Å². The van der Waals surface area contributed by atoms with Crippen LogP contribution in [-0.2, 0) is 0 Å². The molecule has 0 amide bonds. The van der Waals surface area contributed by atoms with Crippen molar-refractivity contribution in [2.75, 3.05) is 0 Å². The van der Waals surface area contributed by atoms with Gasteiger partial charge in [0.2, 0.25) is 0 Å². The molecule has 2 aromatic rings. The van der Waals surface area contributed by atoms with Crippen LogP contribution in [0.15, 0.2) is 42.5 Å². The fourth-order valence-corrected chi connectivity index (χ4v) is 2.70. The maximum absolute atomic E-state index is 12.6. The SMILES string of the molecule is Cc1ccc(C(C#N)C(=O)c2ccccc2I)cc1C. The van der Waals surface area contributed by atoms with E-state index in [9.17, 15) is 10.1 Å². The maximum Gasteiger partial charge on any atom is 0.185 e. The van der Waals surface area contributed by atoms with Crippen molar-refractivity contribution in [3.8, 4) is 6.07 Å². The van der Waals surface area contributed by atoms with E-state index in [0.717, 1.165) is 20.3 Å². The smallest absolute Gasteiger partial charge is 0.185 e. The molecule has 0 fully saturated rings. The van der Waals surface area contributed by atoms with E-state index in [1.165, 1.54) is 0 Å². The van der Waals surface area contributed by atoms with Gasteiger partial charge in [0.15, 0.2) is 5.78 Å². The van der Waals surface area contributed by atoms with Crippen LogP contribution in [0, 0.1) is 28.7 Å². The van der Waals surface area contributed by atoms with E-state index in [1.54, 1.807) is 6.07 Å². The molecule has 0 bridgehead atoms. The van der Waals surface area contributed by atoms with Crippen molar-refractivity contribution in [1.82, 2.24) is 0 Å². The first kappa shape index (κ1) is 14.7. The summed E-state index contributed by atoms with van der Waals surface area (Å²) in [7, 11) is 0. The molecule has 0 radical (unpaired) electrons. The molecule has 1 unspecified atom stereocenters. The summed E-state index contributed by atoms with van der Waals surface area (Å²) in [5, 5.41) is 9.39. The van der Waals surface area contributed by atoms with Gasteiger partial charge < -0.3 is 0 Å². The molecule has 0 N–H and O–H groups in total. The summed E-state index contributed by atoms with van der Waals surface area (Å²) >= 11 is 2.13. The second-order valence-electron chi connectivity index (χ2n) is 4.75. The molecule has 0 heterocycles. The van der Waals surface area contributed by atoms with Gasteiger partial charge in [0, 0.05) is 9.13 Å². The second kappa shape index (κ2) is 6.19. The fourth-order valence-electron chi connectivity index (χ4n) is 2.05. The van der Waals surface area contributed by atoms with Crippen molar-refractivity contribution in [3.63, 3.8) is 0 Å². The summed E-state index contributed by atoms with van der Waals surface area (Å²) in [6.07, 6.45) is 0. The predicted molar refractivity (Wildman–Crippen MR) is 87.8 cm³/mol. The third-order valence-corrected chi connectivity index (χ3v) is 4.34. The lowest BCUT2D eigenvalue weighted by Gasteiger charge is -2.11. The highest BCUT2D eigenvalue weighted by molar-refractivity contribution is 14.1. The van der Waals surface area contributed by atoms with Crippen molar-refractivity contribution in [1.29, 1.82) is 5.26 Å². The van der Waals surface area contributed by atoms with Crippen molar-refractivity contribution >= 4 is 28.4 Å². The molecular weight excluding hydrogens is 361 g/mol. The Bertz CT molecular complexity index is 700. The molecule has 0 aromatic heterocycles. The molecule has 100 valence electrons. The Labute approximate surface area is 132 Å². The van der Waals surface area contributed by atoms with Gasteiger partial charge in [0.05, 0.1) is 6.07 Å². The number of carbonyl (C=O) groups excluding carboxylic acids is 1. The number of nitriles is 1. The van der Waals surface area contributed by atoms with Gasteiger partial charge in [-0.2, -0.15) is 5.26 Å². The van der Waals surface area contributed by atoms with Crippen LogP contribution in [0.3, 0.4) is 0 Å². The lowest BCUT2D eigenvalue weighted by atomic mass is 9.90. The minimum absolute atomic E-state index is 0.138. The van der Waals surface area contributed by atoms with Crippen molar-refractivity contribution in [3.05, 3.63) is 68.3 Å². The molecule has 20 heavy (non-hydrogen) atoms. The van der Waals surface area contributed by atoms with Crippen LogP contribution in [0.4, 0.5) is 0 Å². The van der Waals surface area contributed by atoms with E-state index >= 15 is 0 Å². The van der Waals surface area contributed by atoms with E-state index in [2.05, 4.69) is 28.7 Å². The van der Waals surface area contributed by atoms with Crippen LogP contribution in [-0.4, -0.2) is 5.78 Å². The Kier molecular flexibility index (Phi) is 4.56. The molecule has 2 nitrogen and oxygen atoms in total. The summed E-state index contributed by atoms with van der Waals surface area (Å²) in [6.45, 7) is 4.01. The minimum Gasteiger partial charge on any atom is -0.292 e. The monoisotopic (exact) mass is 375 g/mol. The van der Waals surface area contributed by atoms with Crippen LogP contribution in [0.1, 0.15) is 33.0 Å². The Morgan fingerprint density at radius 2 is 1.85 bits per heavy atom. The Hall–Kier alpha value is -1.67. The summed E-state index contributed by atoms with van der Waals surface area (Å²) < 4.78 is 0.874. The number of nitrogens with zero attached hydrogens (tertiary/aromatic N) is 1. The van der Waals surface area contributed by atoms with E-state index in [-0.39, 0.29) is 5.78 Å². The molecule has 1 atom stereocenters. The summed E-state index contributed by atoms with van der Waals surface area (Å²) in [6, 6.07) is 15.2. The molecule has 2 aromatic carbocycles. The Balaban J connectivity index is 2.43. The van der Waals surface area contributed by atoms with Crippen molar-refractivity contribution in [2.24, 2.45) is 0 Å². The largest absolute Gasteiger partial charge is 0.292 e. The van der Waals surface area contributed by atoms with E-state index in [0.29, 0.717) is 5.56 Å². The standard InChI is InChI=1S/C17H14INO/c1-11-7-8-13(9-12(11)2)15(10-19)17(20)14-5-3-4-6-16(14)18/h3-9,15H,1-2H3. The first-order valence-electron chi connectivity index (χ1n) is 6.30. The number of rotatable bonds is 3. The molecule has 0 spiro atoms. The minimum atomic E-state index is -0.745. The van der Waals surface area contributed by atoms with Crippen LogP contribution in [0.2, 0.25) is 0 Å². The highest BCUT2D eigenvalue weighted by atomic mass is 127. The number of halogens is 1. The topological polar surface area (TPSA) is 40.9 Å². The van der Waals surface area contributed by atoms with Crippen molar-refractivity contribution < 1.29 is 4.79 Å². The molecule has 2 rings (SSSR count). The maximum atomic E-state index is 12.6. The molecule has 0 aliphatic heterocycles. The normalized spacial score (nSPS) is 11.7. The summed E-state index contributed by atoms with van der Waals surface area (Å²) in [5.74, 6) is -0.883. The first-order valence-corrected chi connectivity index (χ1v) is 7.38. The number of ketones is 1. The van der Waals surface area contributed by atoms with Crippen LogP contribution < -0.4 is 0 Å². The highest BCUT2D eigenvalue weighted by Gasteiger charge is 2.23. The van der Waals surface area contributed by atoms with Gasteiger partial charge in [-0.05, 0) is 59.2 Å². The molecular formula is C17H14INO. The van der Waals surface area contributed by atoms with E-state index in [4.69, 9.17) is 0 Å². The van der Waals surface area contributed by atoms with Crippen LogP contribution >= 0.6 is 22.6 Å². The Morgan fingerprint density at radius 3 is 2.45 bits per heavy atom. The zero-order chi connectivity index (χ0) is 14.7. The predicted octanol–water partition coefficient (Wildman–Crippen LogP) is 4.40. The number of hydrogen-bond acceptors (Lipinski definition) is 2. The second-order valence-corrected chi connectivity index (χ2v) is 5.91. The third-order valence-electron chi connectivity index (χ3n) is 3.39. The average Bonchev–Trinajstić information content (AvgIpc) is 2.44. The number of Topliss-reactive ketones (excluding diaryl/α,β-unsaturated/α-hetero) is 1. The van der Waals surface area contributed by atoms with Gasteiger partial charge in [-0.1, -0.05) is 36.4 Å². The van der Waals surface area contributed by atoms with Gasteiger partial charge in [-0.25, -0.2) is 0 Å². The fraction of sp³-hybridized carbons (Fsp3) is 0.176. The number of hydrogen-bond donors (Lipinski definition) is 0. The zero-order valence-corrected chi connectivity index (χ0v) is 13.5. The van der Waals surface area contributed by atoms with E-state index in [1.807, 2.05) is 50.2 Å². The third kappa shape index (κ3) is 2.91. The number of benzene rings is 2.